The van der Waals surface area contributed by atoms with Crippen molar-refractivity contribution in [2.45, 2.75) is 12.5 Å². The van der Waals surface area contributed by atoms with Crippen LogP contribution in [0.25, 0.3) is 0 Å². The molecule has 4 aromatic rings. The molecule has 4 aromatic carbocycles. The van der Waals surface area contributed by atoms with Crippen LogP contribution >= 0.6 is 11.6 Å². The lowest BCUT2D eigenvalue weighted by atomic mass is 9.68. The minimum absolute atomic E-state index is 0.226. The standard InChI is InChI=1S/C30H21ClN2O2/c31-25-18-10-9-17-24(25)27-30(28(34)22-15-7-8-16-23(22)29(30)35)26(19-20-11-3-1-4-12-20)32-33(27)21-13-5-2-6-14-21/h1-18,27H,19H2. The first kappa shape index (κ1) is 21.5. The number of benzene rings is 4. The van der Waals surface area contributed by atoms with Gasteiger partial charge in [-0.2, -0.15) is 5.10 Å². The van der Waals surface area contributed by atoms with Gasteiger partial charge in [-0.3, -0.25) is 14.6 Å². The number of ketones is 2. The van der Waals surface area contributed by atoms with Crippen molar-refractivity contribution >= 4 is 34.6 Å². The summed E-state index contributed by atoms with van der Waals surface area (Å²) in [6.45, 7) is 0. The number of rotatable bonds is 4. The molecule has 170 valence electrons. The van der Waals surface area contributed by atoms with Crippen molar-refractivity contribution in [2.24, 2.45) is 10.5 Å². The van der Waals surface area contributed by atoms with Gasteiger partial charge in [0.2, 0.25) is 0 Å². The molecule has 0 fully saturated rings. The van der Waals surface area contributed by atoms with Crippen molar-refractivity contribution in [2.75, 3.05) is 5.01 Å². The molecule has 5 heteroatoms. The Hall–Kier alpha value is -4.02. The fourth-order valence-electron chi connectivity index (χ4n) is 5.34. The highest BCUT2D eigenvalue weighted by molar-refractivity contribution is 6.42. The highest BCUT2D eigenvalue weighted by atomic mass is 35.5. The van der Waals surface area contributed by atoms with Gasteiger partial charge in [-0.1, -0.05) is 103 Å². The summed E-state index contributed by atoms with van der Waals surface area (Å²) in [5.74, 6) is -0.452. The number of carbonyl (C=O) groups is 2. The Morgan fingerprint density at radius 2 is 1.26 bits per heavy atom. The number of hydrogen-bond acceptors (Lipinski definition) is 4. The van der Waals surface area contributed by atoms with Crippen molar-refractivity contribution in [3.05, 3.63) is 136 Å². The maximum atomic E-state index is 14.3. The third-order valence-electron chi connectivity index (χ3n) is 6.91. The predicted octanol–water partition coefficient (Wildman–Crippen LogP) is 6.57. The number of Topliss-reactive ketones (excluding diaryl/α,β-unsaturated/α-hetero) is 2. The van der Waals surface area contributed by atoms with E-state index in [0.29, 0.717) is 33.8 Å². The molecule has 1 heterocycles. The number of para-hydroxylation sites is 1. The fraction of sp³-hybridized carbons (Fsp3) is 0.100. The van der Waals surface area contributed by atoms with Crippen LogP contribution in [0.3, 0.4) is 0 Å². The molecule has 35 heavy (non-hydrogen) atoms. The zero-order valence-corrected chi connectivity index (χ0v) is 19.5. The van der Waals surface area contributed by atoms with Crippen molar-refractivity contribution in [3.8, 4) is 0 Å². The van der Waals surface area contributed by atoms with E-state index in [4.69, 9.17) is 16.7 Å². The topological polar surface area (TPSA) is 49.7 Å². The van der Waals surface area contributed by atoms with Crippen LogP contribution in [0.4, 0.5) is 5.69 Å². The summed E-state index contributed by atoms with van der Waals surface area (Å²) in [5, 5.41) is 7.32. The number of nitrogens with zero attached hydrogens (tertiary/aromatic N) is 2. The van der Waals surface area contributed by atoms with E-state index in [-0.39, 0.29) is 11.6 Å². The van der Waals surface area contributed by atoms with Crippen LogP contribution in [0.15, 0.2) is 114 Å². The highest BCUT2D eigenvalue weighted by Gasteiger charge is 2.66. The first-order valence-electron chi connectivity index (χ1n) is 11.5. The van der Waals surface area contributed by atoms with Gasteiger partial charge in [0.05, 0.1) is 11.4 Å². The largest absolute Gasteiger partial charge is 0.292 e. The minimum Gasteiger partial charge on any atom is -0.292 e. The zero-order chi connectivity index (χ0) is 24.0. The van der Waals surface area contributed by atoms with Gasteiger partial charge in [0.1, 0.15) is 6.04 Å². The second kappa shape index (κ2) is 8.33. The van der Waals surface area contributed by atoms with Crippen LogP contribution in [-0.2, 0) is 6.42 Å². The van der Waals surface area contributed by atoms with Crippen molar-refractivity contribution in [1.82, 2.24) is 0 Å². The molecule has 1 atom stereocenters. The molecule has 4 nitrogen and oxygen atoms in total. The summed E-state index contributed by atoms with van der Waals surface area (Å²) < 4.78 is 0. The summed E-state index contributed by atoms with van der Waals surface area (Å²) in [7, 11) is 0. The summed E-state index contributed by atoms with van der Waals surface area (Å²) in [6, 6.07) is 33.2. The van der Waals surface area contributed by atoms with Gasteiger partial charge in [0.15, 0.2) is 17.0 Å². The van der Waals surface area contributed by atoms with Crippen LogP contribution in [-0.4, -0.2) is 17.3 Å². The first-order valence-corrected chi connectivity index (χ1v) is 11.9. The average molecular weight is 477 g/mol. The number of anilines is 1. The Kier molecular flexibility index (Phi) is 5.12. The lowest BCUT2D eigenvalue weighted by Crippen LogP contribution is -2.47. The van der Waals surface area contributed by atoms with Crippen molar-refractivity contribution in [3.63, 3.8) is 0 Å². The van der Waals surface area contributed by atoms with Crippen LogP contribution in [0.5, 0.6) is 0 Å². The fourth-order valence-corrected chi connectivity index (χ4v) is 5.58. The molecule has 0 amide bonds. The number of hydrogen-bond donors (Lipinski definition) is 0. The van der Waals surface area contributed by atoms with Crippen LogP contribution in [0.2, 0.25) is 5.02 Å². The van der Waals surface area contributed by atoms with Gasteiger partial charge in [0, 0.05) is 22.6 Å². The van der Waals surface area contributed by atoms with Crippen LogP contribution in [0.1, 0.15) is 37.9 Å². The average Bonchev–Trinajstić information content (AvgIpc) is 3.35. The molecule has 2 aliphatic rings. The lowest BCUT2D eigenvalue weighted by Gasteiger charge is -2.34. The van der Waals surface area contributed by atoms with Crippen molar-refractivity contribution < 1.29 is 9.59 Å². The van der Waals surface area contributed by atoms with Crippen LogP contribution in [0, 0.1) is 5.41 Å². The van der Waals surface area contributed by atoms with E-state index in [0.717, 1.165) is 11.3 Å². The Bertz CT molecular complexity index is 1450. The molecule has 0 radical (unpaired) electrons. The summed E-state index contributed by atoms with van der Waals surface area (Å²) in [6.07, 6.45) is 0.372. The Morgan fingerprint density at radius 1 is 0.714 bits per heavy atom. The lowest BCUT2D eigenvalue weighted by molar-refractivity contribution is 0.0758. The quantitative estimate of drug-likeness (QED) is 0.313. The van der Waals surface area contributed by atoms with Gasteiger partial charge in [0.25, 0.3) is 0 Å². The molecule has 1 spiro atoms. The molecule has 0 N–H and O–H groups in total. The second-order valence-corrected chi connectivity index (χ2v) is 9.23. The Morgan fingerprint density at radius 3 is 1.89 bits per heavy atom. The van der Waals surface area contributed by atoms with E-state index in [2.05, 4.69) is 0 Å². The van der Waals surface area contributed by atoms with E-state index in [1.807, 2.05) is 78.9 Å². The van der Waals surface area contributed by atoms with Gasteiger partial charge >= 0.3 is 0 Å². The number of carbonyl (C=O) groups excluding carboxylic acids is 2. The SMILES string of the molecule is O=C1c2ccccc2C(=O)C12C(Cc1ccccc1)=NN(c1ccccc1)C2c1ccccc1Cl. The minimum atomic E-state index is -1.51. The second-order valence-electron chi connectivity index (χ2n) is 8.83. The molecule has 1 aliphatic carbocycles. The first-order chi connectivity index (χ1) is 17.1. The highest BCUT2D eigenvalue weighted by Crippen LogP contribution is 2.55. The zero-order valence-electron chi connectivity index (χ0n) is 18.8. The Labute approximate surface area is 208 Å². The van der Waals surface area contributed by atoms with E-state index in [1.54, 1.807) is 35.3 Å². The Balaban J connectivity index is 1.64. The number of hydrazone groups is 1. The molecule has 0 saturated heterocycles. The normalized spacial score (nSPS) is 18.1. The van der Waals surface area contributed by atoms with Gasteiger partial charge in [-0.25, -0.2) is 0 Å². The maximum absolute atomic E-state index is 14.3. The summed E-state index contributed by atoms with van der Waals surface area (Å²) >= 11 is 6.73. The van der Waals surface area contributed by atoms with Gasteiger partial charge in [-0.15, -0.1) is 0 Å². The van der Waals surface area contributed by atoms with E-state index < -0.39 is 11.5 Å². The monoisotopic (exact) mass is 476 g/mol. The maximum Gasteiger partial charge on any atom is 0.185 e. The molecule has 6 rings (SSSR count). The molecule has 1 unspecified atom stereocenters. The van der Waals surface area contributed by atoms with E-state index in [9.17, 15) is 9.59 Å². The number of halogens is 1. The third kappa shape index (κ3) is 3.17. The van der Waals surface area contributed by atoms with Gasteiger partial charge < -0.3 is 0 Å². The molecule has 0 bridgehead atoms. The van der Waals surface area contributed by atoms with E-state index >= 15 is 0 Å². The van der Waals surface area contributed by atoms with Crippen molar-refractivity contribution in [1.29, 1.82) is 0 Å². The summed E-state index contributed by atoms with van der Waals surface area (Å²) in [4.78, 5) is 28.7. The molecule has 0 aromatic heterocycles. The number of fused-ring (bicyclic) bond motifs is 1. The third-order valence-corrected chi connectivity index (χ3v) is 7.25. The summed E-state index contributed by atoms with van der Waals surface area (Å²) in [5.41, 5.74) is 2.35. The molecule has 1 aliphatic heterocycles. The molecule has 0 saturated carbocycles. The molecular weight excluding hydrogens is 456 g/mol. The molecular formula is C30H21ClN2O2. The smallest absolute Gasteiger partial charge is 0.185 e. The van der Waals surface area contributed by atoms with Crippen LogP contribution < -0.4 is 5.01 Å². The van der Waals surface area contributed by atoms with E-state index in [1.165, 1.54) is 0 Å². The predicted molar refractivity (Wildman–Crippen MR) is 138 cm³/mol. The van der Waals surface area contributed by atoms with Gasteiger partial charge in [-0.05, 0) is 29.3 Å².